The summed E-state index contributed by atoms with van der Waals surface area (Å²) in [5.74, 6) is 0. The molecular formula is C20H24N2O2. The number of urea groups is 1. The molecule has 4 nitrogen and oxygen atoms in total. The number of carbonyl (C=O) groups is 1. The van der Waals surface area contributed by atoms with Gasteiger partial charge in [0.15, 0.2) is 0 Å². The minimum atomic E-state index is -0.166. The quantitative estimate of drug-likeness (QED) is 0.897. The van der Waals surface area contributed by atoms with Crippen LogP contribution in [0.2, 0.25) is 0 Å². The number of ether oxygens (including phenoxy) is 1. The highest BCUT2D eigenvalue weighted by molar-refractivity contribution is 5.89. The van der Waals surface area contributed by atoms with Crippen molar-refractivity contribution < 1.29 is 9.53 Å². The summed E-state index contributed by atoms with van der Waals surface area (Å²) in [6.45, 7) is 4.10. The van der Waals surface area contributed by atoms with E-state index < -0.39 is 0 Å². The average molecular weight is 324 g/mol. The SMILES string of the molecule is Cc1ccc(NC(=O)NCC2(c3ccccc3)CCOCC2)cc1. The molecule has 0 aliphatic carbocycles. The van der Waals surface area contributed by atoms with Gasteiger partial charge in [0.25, 0.3) is 0 Å². The molecular weight excluding hydrogens is 300 g/mol. The van der Waals surface area contributed by atoms with Crippen molar-refractivity contribution in [2.75, 3.05) is 25.1 Å². The molecule has 2 aromatic carbocycles. The summed E-state index contributed by atoms with van der Waals surface area (Å²) in [6.07, 6.45) is 1.84. The third-order valence-corrected chi connectivity index (χ3v) is 4.73. The van der Waals surface area contributed by atoms with Gasteiger partial charge in [-0.15, -0.1) is 0 Å². The molecule has 3 rings (SSSR count). The molecule has 0 radical (unpaired) electrons. The smallest absolute Gasteiger partial charge is 0.319 e. The van der Waals surface area contributed by atoms with Crippen LogP contribution in [0.15, 0.2) is 54.6 Å². The van der Waals surface area contributed by atoms with Crippen LogP contribution in [0.1, 0.15) is 24.0 Å². The highest BCUT2D eigenvalue weighted by Crippen LogP contribution is 2.34. The van der Waals surface area contributed by atoms with Gasteiger partial charge in [-0.2, -0.15) is 0 Å². The summed E-state index contributed by atoms with van der Waals surface area (Å²) in [5, 5.41) is 5.95. The van der Waals surface area contributed by atoms with Crippen molar-refractivity contribution in [3.8, 4) is 0 Å². The fraction of sp³-hybridized carbons (Fsp3) is 0.350. The molecule has 1 fully saturated rings. The van der Waals surface area contributed by atoms with E-state index in [1.807, 2.05) is 37.3 Å². The van der Waals surface area contributed by atoms with E-state index in [0.717, 1.165) is 31.7 Å². The maximum absolute atomic E-state index is 12.3. The van der Waals surface area contributed by atoms with Crippen LogP contribution in [-0.2, 0) is 10.2 Å². The van der Waals surface area contributed by atoms with Crippen LogP contribution in [0.3, 0.4) is 0 Å². The fourth-order valence-corrected chi connectivity index (χ4v) is 3.18. The molecule has 1 saturated heterocycles. The summed E-state index contributed by atoms with van der Waals surface area (Å²) in [5.41, 5.74) is 3.19. The summed E-state index contributed by atoms with van der Waals surface area (Å²) < 4.78 is 5.53. The number of amides is 2. The first kappa shape index (κ1) is 16.5. The summed E-state index contributed by atoms with van der Waals surface area (Å²) in [4.78, 5) is 12.3. The van der Waals surface area contributed by atoms with E-state index in [9.17, 15) is 4.79 Å². The van der Waals surface area contributed by atoms with Gasteiger partial charge in [-0.25, -0.2) is 4.79 Å². The van der Waals surface area contributed by atoms with Gasteiger partial charge in [0.2, 0.25) is 0 Å². The molecule has 2 aromatic rings. The molecule has 1 aliphatic rings. The number of hydrogen-bond donors (Lipinski definition) is 2. The first-order valence-corrected chi connectivity index (χ1v) is 8.43. The van der Waals surface area contributed by atoms with Crippen LogP contribution in [-0.4, -0.2) is 25.8 Å². The number of benzene rings is 2. The normalized spacial score (nSPS) is 16.4. The number of anilines is 1. The Kier molecular flexibility index (Phi) is 5.16. The minimum absolute atomic E-state index is 0.0515. The van der Waals surface area contributed by atoms with Gasteiger partial charge in [0.1, 0.15) is 0 Å². The fourth-order valence-electron chi connectivity index (χ4n) is 3.18. The third-order valence-electron chi connectivity index (χ3n) is 4.73. The Bertz CT molecular complexity index is 662. The van der Waals surface area contributed by atoms with E-state index >= 15 is 0 Å². The lowest BCUT2D eigenvalue weighted by Crippen LogP contribution is -2.45. The summed E-state index contributed by atoms with van der Waals surface area (Å²) in [6, 6.07) is 18.0. The molecule has 2 N–H and O–H groups in total. The lowest BCUT2D eigenvalue weighted by Gasteiger charge is -2.38. The molecule has 126 valence electrons. The van der Waals surface area contributed by atoms with Gasteiger partial charge < -0.3 is 15.4 Å². The Morgan fingerprint density at radius 3 is 2.38 bits per heavy atom. The van der Waals surface area contributed by atoms with E-state index in [2.05, 4.69) is 34.9 Å². The summed E-state index contributed by atoms with van der Waals surface area (Å²) in [7, 11) is 0. The van der Waals surface area contributed by atoms with Crippen LogP contribution in [0.5, 0.6) is 0 Å². The number of rotatable bonds is 4. The molecule has 0 atom stereocenters. The van der Waals surface area contributed by atoms with Crippen molar-refractivity contribution in [2.24, 2.45) is 0 Å². The monoisotopic (exact) mass is 324 g/mol. The Morgan fingerprint density at radius 1 is 1.04 bits per heavy atom. The van der Waals surface area contributed by atoms with Gasteiger partial charge >= 0.3 is 6.03 Å². The number of hydrogen-bond acceptors (Lipinski definition) is 2. The second kappa shape index (κ2) is 7.49. The second-order valence-corrected chi connectivity index (χ2v) is 6.43. The van der Waals surface area contributed by atoms with Gasteiger partial charge in [0.05, 0.1) is 0 Å². The first-order valence-electron chi connectivity index (χ1n) is 8.43. The standard InChI is InChI=1S/C20H24N2O2/c1-16-7-9-18(10-8-16)22-19(23)21-15-20(11-13-24-14-12-20)17-5-3-2-4-6-17/h2-10H,11-15H2,1H3,(H2,21,22,23). The molecule has 4 heteroatoms. The molecule has 0 saturated carbocycles. The lowest BCUT2D eigenvalue weighted by atomic mass is 9.74. The maximum Gasteiger partial charge on any atom is 0.319 e. The van der Waals surface area contributed by atoms with Crippen molar-refractivity contribution >= 4 is 11.7 Å². The van der Waals surface area contributed by atoms with Crippen molar-refractivity contribution in [1.29, 1.82) is 0 Å². The van der Waals surface area contributed by atoms with Crippen LogP contribution < -0.4 is 10.6 Å². The molecule has 0 aromatic heterocycles. The van der Waals surface area contributed by atoms with Crippen molar-refractivity contribution in [3.05, 3.63) is 65.7 Å². The molecule has 1 heterocycles. The Morgan fingerprint density at radius 2 is 1.71 bits per heavy atom. The maximum atomic E-state index is 12.3. The molecule has 0 spiro atoms. The van der Waals surface area contributed by atoms with E-state index in [4.69, 9.17) is 4.74 Å². The van der Waals surface area contributed by atoms with E-state index in [-0.39, 0.29) is 11.4 Å². The zero-order valence-corrected chi connectivity index (χ0v) is 14.0. The molecule has 0 bridgehead atoms. The number of carbonyl (C=O) groups excluding carboxylic acids is 1. The van der Waals surface area contributed by atoms with Crippen molar-refractivity contribution in [1.82, 2.24) is 5.32 Å². The lowest BCUT2D eigenvalue weighted by molar-refractivity contribution is 0.0508. The van der Waals surface area contributed by atoms with E-state index in [1.165, 1.54) is 11.1 Å². The van der Waals surface area contributed by atoms with Crippen molar-refractivity contribution in [2.45, 2.75) is 25.2 Å². The number of aryl methyl sites for hydroxylation is 1. The Balaban J connectivity index is 1.65. The minimum Gasteiger partial charge on any atom is -0.381 e. The summed E-state index contributed by atoms with van der Waals surface area (Å²) >= 11 is 0. The van der Waals surface area contributed by atoms with Crippen LogP contribution >= 0.6 is 0 Å². The predicted molar refractivity (Wildman–Crippen MR) is 96.4 cm³/mol. The largest absolute Gasteiger partial charge is 0.381 e. The third kappa shape index (κ3) is 3.95. The van der Waals surface area contributed by atoms with Gasteiger partial charge in [-0.3, -0.25) is 0 Å². The highest BCUT2D eigenvalue weighted by atomic mass is 16.5. The average Bonchev–Trinajstić information content (AvgIpc) is 2.63. The van der Waals surface area contributed by atoms with Gasteiger partial charge in [-0.1, -0.05) is 48.0 Å². The second-order valence-electron chi connectivity index (χ2n) is 6.43. The molecule has 0 unspecified atom stereocenters. The Hall–Kier alpha value is -2.33. The van der Waals surface area contributed by atoms with E-state index in [1.54, 1.807) is 0 Å². The van der Waals surface area contributed by atoms with Crippen LogP contribution in [0.4, 0.5) is 10.5 Å². The highest BCUT2D eigenvalue weighted by Gasteiger charge is 2.34. The number of nitrogens with one attached hydrogen (secondary N) is 2. The zero-order valence-electron chi connectivity index (χ0n) is 14.0. The predicted octanol–water partition coefficient (Wildman–Crippen LogP) is 3.86. The molecule has 2 amide bonds. The Labute approximate surface area is 143 Å². The van der Waals surface area contributed by atoms with Crippen LogP contribution in [0, 0.1) is 6.92 Å². The zero-order chi connectivity index (χ0) is 16.8. The van der Waals surface area contributed by atoms with Gasteiger partial charge in [-0.05, 0) is 37.5 Å². The van der Waals surface area contributed by atoms with Gasteiger partial charge in [0, 0.05) is 30.9 Å². The molecule has 24 heavy (non-hydrogen) atoms. The topological polar surface area (TPSA) is 50.4 Å². The van der Waals surface area contributed by atoms with E-state index in [0.29, 0.717) is 6.54 Å². The molecule has 1 aliphatic heterocycles. The van der Waals surface area contributed by atoms with Crippen molar-refractivity contribution in [3.63, 3.8) is 0 Å². The first-order chi connectivity index (χ1) is 11.7. The van der Waals surface area contributed by atoms with Crippen LogP contribution in [0.25, 0.3) is 0 Å².